The fourth-order valence-electron chi connectivity index (χ4n) is 2.16. The molecule has 6 nitrogen and oxygen atoms in total. The Labute approximate surface area is 155 Å². The SMILES string of the molecule is C[C@@H](NC(=O)CCC(=O)c1ccc(Cl)s1)c1ccc(S(N)(=O)=O)cc1. The maximum absolute atomic E-state index is 12.0. The molecule has 2 aromatic rings. The van der Waals surface area contributed by atoms with Gasteiger partial charge in [-0.15, -0.1) is 11.3 Å². The zero-order valence-electron chi connectivity index (χ0n) is 13.4. The normalized spacial score (nSPS) is 12.6. The smallest absolute Gasteiger partial charge is 0.238 e. The second-order valence-corrected chi connectivity index (χ2v) is 8.71. The van der Waals surface area contributed by atoms with Crippen molar-refractivity contribution >= 4 is 44.7 Å². The molecule has 2 rings (SSSR count). The molecule has 0 aliphatic heterocycles. The van der Waals surface area contributed by atoms with Gasteiger partial charge in [-0.3, -0.25) is 9.59 Å². The molecule has 0 aliphatic rings. The van der Waals surface area contributed by atoms with Crippen LogP contribution in [0, 0.1) is 0 Å². The van der Waals surface area contributed by atoms with Crippen molar-refractivity contribution in [3.05, 3.63) is 51.2 Å². The van der Waals surface area contributed by atoms with E-state index in [2.05, 4.69) is 5.32 Å². The number of hydrogen-bond acceptors (Lipinski definition) is 5. The Morgan fingerprint density at radius 1 is 1.16 bits per heavy atom. The first kappa shape index (κ1) is 19.6. The van der Waals surface area contributed by atoms with Crippen molar-refractivity contribution in [1.82, 2.24) is 5.32 Å². The second-order valence-electron chi connectivity index (χ2n) is 5.43. The van der Waals surface area contributed by atoms with Crippen molar-refractivity contribution in [2.24, 2.45) is 5.14 Å². The van der Waals surface area contributed by atoms with Gasteiger partial charge in [-0.2, -0.15) is 0 Å². The standard InChI is InChI=1S/C16H17ClN2O4S2/c1-10(11-2-4-12(5-3-11)25(18,22)23)19-16(21)9-6-13(20)14-7-8-15(17)24-14/h2-5,7-8,10H,6,9H2,1H3,(H,19,21)(H2,18,22,23)/t10-/m1/s1. The Balaban J connectivity index is 1.88. The zero-order chi connectivity index (χ0) is 18.6. The molecule has 1 aromatic heterocycles. The molecule has 3 N–H and O–H groups in total. The highest BCUT2D eigenvalue weighted by Gasteiger charge is 2.15. The Morgan fingerprint density at radius 2 is 1.80 bits per heavy atom. The van der Waals surface area contributed by atoms with Gasteiger partial charge in [0.15, 0.2) is 5.78 Å². The minimum Gasteiger partial charge on any atom is -0.350 e. The van der Waals surface area contributed by atoms with Crippen molar-refractivity contribution in [3.8, 4) is 0 Å². The molecule has 1 aromatic carbocycles. The van der Waals surface area contributed by atoms with E-state index in [1.165, 1.54) is 23.5 Å². The van der Waals surface area contributed by atoms with Crippen molar-refractivity contribution in [3.63, 3.8) is 0 Å². The van der Waals surface area contributed by atoms with E-state index in [0.717, 1.165) is 5.56 Å². The number of amides is 1. The summed E-state index contributed by atoms with van der Waals surface area (Å²) in [5.41, 5.74) is 0.733. The molecule has 0 radical (unpaired) electrons. The van der Waals surface area contributed by atoms with Gasteiger partial charge in [0.05, 0.1) is 20.2 Å². The van der Waals surface area contributed by atoms with Gasteiger partial charge < -0.3 is 5.32 Å². The van der Waals surface area contributed by atoms with E-state index < -0.39 is 10.0 Å². The number of carbonyl (C=O) groups is 2. The average molecular weight is 401 g/mol. The number of carbonyl (C=O) groups excluding carboxylic acids is 2. The van der Waals surface area contributed by atoms with Gasteiger partial charge in [-0.25, -0.2) is 13.6 Å². The molecular weight excluding hydrogens is 384 g/mol. The molecule has 0 unspecified atom stereocenters. The van der Waals surface area contributed by atoms with Crippen LogP contribution in [0.2, 0.25) is 4.34 Å². The highest BCUT2D eigenvalue weighted by atomic mass is 35.5. The number of primary sulfonamides is 1. The molecular formula is C16H17ClN2O4S2. The fourth-order valence-corrected chi connectivity index (χ4v) is 3.68. The molecule has 25 heavy (non-hydrogen) atoms. The van der Waals surface area contributed by atoms with E-state index in [9.17, 15) is 18.0 Å². The lowest BCUT2D eigenvalue weighted by Crippen LogP contribution is -2.27. The van der Waals surface area contributed by atoms with Crippen molar-refractivity contribution in [2.75, 3.05) is 0 Å². The van der Waals surface area contributed by atoms with Crippen LogP contribution in [0.5, 0.6) is 0 Å². The highest BCUT2D eigenvalue weighted by molar-refractivity contribution is 7.89. The first-order chi connectivity index (χ1) is 11.7. The summed E-state index contributed by atoms with van der Waals surface area (Å²) in [5, 5.41) is 7.82. The second kappa shape index (κ2) is 8.09. The summed E-state index contributed by atoms with van der Waals surface area (Å²) in [7, 11) is -3.74. The number of hydrogen-bond donors (Lipinski definition) is 2. The molecule has 1 heterocycles. The molecule has 0 bridgehead atoms. The van der Waals surface area contributed by atoms with E-state index in [1.54, 1.807) is 31.2 Å². The van der Waals surface area contributed by atoms with Crippen molar-refractivity contribution in [1.29, 1.82) is 0 Å². The van der Waals surface area contributed by atoms with Crippen LogP contribution in [-0.2, 0) is 14.8 Å². The zero-order valence-corrected chi connectivity index (χ0v) is 15.7. The van der Waals surface area contributed by atoms with Crippen LogP contribution >= 0.6 is 22.9 Å². The molecule has 0 spiro atoms. The third-order valence-corrected chi connectivity index (χ3v) is 5.71. The number of sulfonamides is 1. The summed E-state index contributed by atoms with van der Waals surface area (Å²) < 4.78 is 23.0. The third kappa shape index (κ3) is 5.64. The Kier molecular flexibility index (Phi) is 6.34. The molecule has 0 saturated heterocycles. The summed E-state index contributed by atoms with van der Waals surface area (Å²) in [6.07, 6.45) is 0.160. The maximum Gasteiger partial charge on any atom is 0.238 e. The van der Waals surface area contributed by atoms with Crippen molar-refractivity contribution in [2.45, 2.75) is 30.7 Å². The number of rotatable bonds is 7. The summed E-state index contributed by atoms with van der Waals surface area (Å²) in [6.45, 7) is 1.77. The highest BCUT2D eigenvalue weighted by Crippen LogP contribution is 2.23. The average Bonchev–Trinajstić information content (AvgIpc) is 2.98. The van der Waals surface area contributed by atoms with Crippen LogP contribution in [-0.4, -0.2) is 20.1 Å². The predicted molar refractivity (Wildman–Crippen MR) is 97.3 cm³/mol. The number of nitrogens with two attached hydrogens (primary N) is 1. The molecule has 0 aliphatic carbocycles. The lowest BCUT2D eigenvalue weighted by Gasteiger charge is -2.14. The van der Waals surface area contributed by atoms with E-state index in [4.69, 9.17) is 16.7 Å². The lowest BCUT2D eigenvalue weighted by molar-refractivity contribution is -0.121. The number of thiophene rings is 1. The minimum absolute atomic E-state index is 0.00924. The number of halogens is 1. The summed E-state index contributed by atoms with van der Waals surface area (Å²) in [4.78, 5) is 24.5. The van der Waals surface area contributed by atoms with Crippen LogP contribution in [0.4, 0.5) is 0 Å². The largest absolute Gasteiger partial charge is 0.350 e. The minimum atomic E-state index is -3.74. The number of nitrogens with one attached hydrogen (secondary N) is 1. The van der Waals surface area contributed by atoms with E-state index in [-0.39, 0.29) is 35.5 Å². The molecule has 1 atom stereocenters. The Bertz CT molecular complexity index is 876. The quantitative estimate of drug-likeness (QED) is 0.697. The third-order valence-electron chi connectivity index (χ3n) is 3.51. The molecule has 0 fully saturated rings. The monoisotopic (exact) mass is 400 g/mol. The van der Waals surface area contributed by atoms with Crippen molar-refractivity contribution < 1.29 is 18.0 Å². The maximum atomic E-state index is 12.0. The van der Waals surface area contributed by atoms with Crippen LogP contribution < -0.4 is 10.5 Å². The number of ketones is 1. The molecule has 9 heteroatoms. The first-order valence-corrected chi connectivity index (χ1v) is 10.1. The van der Waals surface area contributed by atoms with E-state index >= 15 is 0 Å². The predicted octanol–water partition coefficient (Wildman–Crippen LogP) is 2.89. The van der Waals surface area contributed by atoms with Crippen LogP contribution in [0.3, 0.4) is 0 Å². The van der Waals surface area contributed by atoms with Gasteiger partial charge in [0.25, 0.3) is 0 Å². The molecule has 134 valence electrons. The summed E-state index contributed by atoms with van der Waals surface area (Å²) >= 11 is 6.97. The van der Waals surface area contributed by atoms with Gasteiger partial charge in [0.1, 0.15) is 0 Å². The van der Waals surface area contributed by atoms with Crippen LogP contribution in [0.25, 0.3) is 0 Å². The van der Waals surface area contributed by atoms with Gasteiger partial charge in [0, 0.05) is 12.8 Å². The molecule has 1 amide bonds. The Hall–Kier alpha value is -1.74. The fraction of sp³-hybridized carbons (Fsp3) is 0.250. The van der Waals surface area contributed by atoms with E-state index in [0.29, 0.717) is 9.21 Å². The van der Waals surface area contributed by atoms with E-state index in [1.807, 2.05) is 0 Å². The first-order valence-electron chi connectivity index (χ1n) is 7.37. The summed E-state index contributed by atoms with van der Waals surface area (Å²) in [5.74, 6) is -0.392. The molecule has 0 saturated carbocycles. The summed E-state index contributed by atoms with van der Waals surface area (Å²) in [6, 6.07) is 8.91. The van der Waals surface area contributed by atoms with Gasteiger partial charge in [0.2, 0.25) is 15.9 Å². The van der Waals surface area contributed by atoms with Gasteiger partial charge >= 0.3 is 0 Å². The lowest BCUT2D eigenvalue weighted by atomic mass is 10.1. The number of benzene rings is 1. The van der Waals surface area contributed by atoms with Gasteiger partial charge in [-0.05, 0) is 36.8 Å². The topological polar surface area (TPSA) is 106 Å². The van der Waals surface area contributed by atoms with Gasteiger partial charge in [-0.1, -0.05) is 23.7 Å². The number of Topliss-reactive ketones (excluding diaryl/α,β-unsaturated/α-hetero) is 1. The van der Waals surface area contributed by atoms with Crippen LogP contribution in [0.15, 0.2) is 41.3 Å². The Morgan fingerprint density at radius 3 is 2.32 bits per heavy atom. The van der Waals surface area contributed by atoms with Crippen LogP contribution in [0.1, 0.15) is 41.0 Å².